The minimum atomic E-state index is -0.860. The van der Waals surface area contributed by atoms with Crippen molar-refractivity contribution in [1.82, 2.24) is 20.4 Å². The van der Waals surface area contributed by atoms with Gasteiger partial charge in [-0.2, -0.15) is 0 Å². The lowest BCUT2D eigenvalue weighted by Gasteiger charge is -2.25. The Hall–Kier alpha value is -2.49. The molecule has 0 bridgehead atoms. The second-order valence-corrected chi connectivity index (χ2v) is 6.83. The summed E-state index contributed by atoms with van der Waals surface area (Å²) in [6, 6.07) is -1.92. The number of carbonyl (C=O) groups is 5. The zero-order chi connectivity index (χ0) is 20.0. The van der Waals surface area contributed by atoms with Gasteiger partial charge in [-0.1, -0.05) is 0 Å². The van der Waals surface area contributed by atoms with Gasteiger partial charge in [-0.15, -0.1) is 0 Å². The van der Waals surface area contributed by atoms with Gasteiger partial charge >= 0.3 is 0 Å². The number of amides is 4. The van der Waals surface area contributed by atoms with Crippen molar-refractivity contribution in [1.29, 1.82) is 0 Å². The summed E-state index contributed by atoms with van der Waals surface area (Å²) >= 11 is 0. The number of likely N-dealkylation sites (tertiary alicyclic amines) is 2. The average Bonchev–Trinajstić information content (AvgIpc) is 3.33. The van der Waals surface area contributed by atoms with E-state index in [1.165, 1.54) is 16.7 Å². The zero-order valence-corrected chi connectivity index (χ0v) is 15.5. The van der Waals surface area contributed by atoms with Crippen LogP contribution >= 0.6 is 0 Å². The first kappa shape index (κ1) is 20.8. The van der Waals surface area contributed by atoms with Gasteiger partial charge in [0.25, 0.3) is 0 Å². The maximum Gasteiger partial charge on any atom is 0.243 e. The molecule has 0 aromatic rings. The summed E-state index contributed by atoms with van der Waals surface area (Å²) in [6.07, 6.45) is 3.36. The number of aldehydes is 1. The Morgan fingerprint density at radius 3 is 2.44 bits per heavy atom. The van der Waals surface area contributed by atoms with Crippen molar-refractivity contribution in [3.8, 4) is 0 Å². The van der Waals surface area contributed by atoms with Crippen molar-refractivity contribution < 1.29 is 24.0 Å². The van der Waals surface area contributed by atoms with Gasteiger partial charge in [-0.25, -0.2) is 0 Å². The van der Waals surface area contributed by atoms with Crippen molar-refractivity contribution in [3.63, 3.8) is 0 Å². The van der Waals surface area contributed by atoms with E-state index in [2.05, 4.69) is 10.6 Å². The molecule has 2 saturated heterocycles. The van der Waals surface area contributed by atoms with Crippen molar-refractivity contribution >= 4 is 29.9 Å². The predicted octanol–water partition coefficient (Wildman–Crippen LogP) is -2.25. The lowest BCUT2D eigenvalue weighted by Crippen LogP contribution is -2.53. The van der Waals surface area contributed by atoms with E-state index in [-0.39, 0.29) is 24.9 Å². The minimum absolute atomic E-state index is 0.166. The molecule has 2 heterocycles. The maximum atomic E-state index is 12.4. The molecule has 0 aromatic heterocycles. The van der Waals surface area contributed by atoms with Crippen molar-refractivity contribution in [3.05, 3.63) is 0 Å². The molecule has 2 rings (SSSR count). The third kappa shape index (κ3) is 5.03. The van der Waals surface area contributed by atoms with Gasteiger partial charge in [0.2, 0.25) is 23.6 Å². The fourth-order valence-corrected chi connectivity index (χ4v) is 3.49. The van der Waals surface area contributed by atoms with Gasteiger partial charge in [-0.05, 0) is 32.6 Å². The highest BCUT2D eigenvalue weighted by Gasteiger charge is 2.34. The van der Waals surface area contributed by atoms with Crippen LogP contribution in [0.15, 0.2) is 0 Å². The third-order valence-corrected chi connectivity index (χ3v) is 4.99. The molecule has 0 spiro atoms. The van der Waals surface area contributed by atoms with Crippen LogP contribution < -0.4 is 16.4 Å². The van der Waals surface area contributed by atoms with Crippen molar-refractivity contribution in [2.24, 2.45) is 5.73 Å². The van der Waals surface area contributed by atoms with E-state index in [0.29, 0.717) is 32.4 Å². The lowest BCUT2D eigenvalue weighted by atomic mass is 10.2. The lowest BCUT2D eigenvalue weighted by molar-refractivity contribution is -0.139. The van der Waals surface area contributed by atoms with E-state index in [0.717, 1.165) is 12.7 Å². The van der Waals surface area contributed by atoms with Gasteiger partial charge in [0.1, 0.15) is 18.4 Å². The Bertz CT molecular complexity index is 611. The molecule has 2 fully saturated rings. The van der Waals surface area contributed by atoms with E-state index in [4.69, 9.17) is 5.73 Å². The van der Waals surface area contributed by atoms with E-state index in [1.54, 1.807) is 0 Å². The Morgan fingerprint density at radius 2 is 1.78 bits per heavy atom. The molecule has 3 atom stereocenters. The summed E-state index contributed by atoms with van der Waals surface area (Å²) in [5.74, 6) is -1.55. The van der Waals surface area contributed by atoms with Crippen molar-refractivity contribution in [2.75, 3.05) is 26.2 Å². The van der Waals surface area contributed by atoms with Crippen LogP contribution in [0, 0.1) is 0 Å². The first-order valence-electron chi connectivity index (χ1n) is 9.21. The Balaban J connectivity index is 1.81. The number of hydrogen-bond acceptors (Lipinski definition) is 6. The summed E-state index contributed by atoms with van der Waals surface area (Å²) in [5, 5.41) is 5.06. The smallest absolute Gasteiger partial charge is 0.243 e. The second-order valence-electron chi connectivity index (χ2n) is 6.83. The number of hydrogen-bond donors (Lipinski definition) is 3. The molecule has 10 nitrogen and oxygen atoms in total. The summed E-state index contributed by atoms with van der Waals surface area (Å²) in [5.41, 5.74) is 5.36. The molecule has 10 heteroatoms. The van der Waals surface area contributed by atoms with Crippen LogP contribution in [0.3, 0.4) is 0 Å². The fraction of sp³-hybridized carbons (Fsp3) is 0.706. The standard InChI is InChI=1S/C17H27N5O5/c1-11(20-17(27)13-5-3-7-22(13)14(24)8-18)16(26)19-9-15(25)21-6-2-4-12(21)10-23/h10-13H,2-9,18H2,1H3,(H,19,26)(H,20,27)/t11-,12-,13-/m0/s1. The van der Waals surface area contributed by atoms with Crippen LogP contribution in [0.2, 0.25) is 0 Å². The minimum Gasteiger partial charge on any atom is -0.345 e. The van der Waals surface area contributed by atoms with Gasteiger partial charge < -0.3 is 31.0 Å². The fourth-order valence-electron chi connectivity index (χ4n) is 3.49. The largest absolute Gasteiger partial charge is 0.345 e. The van der Waals surface area contributed by atoms with Crippen LogP contribution in [0.4, 0.5) is 0 Å². The van der Waals surface area contributed by atoms with Gasteiger partial charge in [0, 0.05) is 13.1 Å². The monoisotopic (exact) mass is 381 g/mol. The predicted molar refractivity (Wildman–Crippen MR) is 95.2 cm³/mol. The van der Waals surface area contributed by atoms with Crippen LogP contribution in [-0.4, -0.2) is 84.0 Å². The molecule has 0 aromatic carbocycles. The Kier molecular flexibility index (Phi) is 7.28. The third-order valence-electron chi connectivity index (χ3n) is 4.99. The molecule has 2 aliphatic rings. The first-order valence-corrected chi connectivity index (χ1v) is 9.21. The Labute approximate surface area is 157 Å². The molecule has 4 N–H and O–H groups in total. The molecule has 27 heavy (non-hydrogen) atoms. The number of nitrogens with two attached hydrogens (primary N) is 1. The topological polar surface area (TPSA) is 142 Å². The molecule has 0 saturated carbocycles. The molecule has 2 aliphatic heterocycles. The van der Waals surface area contributed by atoms with Crippen LogP contribution in [-0.2, 0) is 24.0 Å². The molecule has 4 amide bonds. The summed E-state index contributed by atoms with van der Waals surface area (Å²) in [7, 11) is 0. The number of rotatable bonds is 7. The SMILES string of the molecule is C[C@H](NC(=O)[C@@H]1CCCN1C(=O)CN)C(=O)NCC(=O)N1CCC[C@H]1C=O. The summed E-state index contributed by atoms with van der Waals surface area (Å²) in [4.78, 5) is 62.3. The number of carbonyl (C=O) groups excluding carboxylic acids is 5. The average molecular weight is 381 g/mol. The van der Waals surface area contributed by atoms with E-state index < -0.39 is 29.9 Å². The number of nitrogens with zero attached hydrogens (tertiary/aromatic N) is 2. The molecular formula is C17H27N5O5. The maximum absolute atomic E-state index is 12.4. The van der Waals surface area contributed by atoms with Gasteiger partial charge in [0.05, 0.1) is 19.1 Å². The van der Waals surface area contributed by atoms with Crippen LogP contribution in [0.25, 0.3) is 0 Å². The Morgan fingerprint density at radius 1 is 1.11 bits per heavy atom. The highest BCUT2D eigenvalue weighted by Crippen LogP contribution is 2.17. The normalized spacial score (nSPS) is 23.0. The first-order chi connectivity index (χ1) is 12.9. The highest BCUT2D eigenvalue weighted by molar-refractivity contribution is 5.93. The summed E-state index contributed by atoms with van der Waals surface area (Å²) in [6.45, 7) is 2.07. The van der Waals surface area contributed by atoms with Crippen molar-refractivity contribution in [2.45, 2.75) is 50.7 Å². The molecule has 150 valence electrons. The molecule has 0 unspecified atom stereocenters. The molecule has 0 aliphatic carbocycles. The summed E-state index contributed by atoms with van der Waals surface area (Å²) < 4.78 is 0. The molecular weight excluding hydrogens is 354 g/mol. The molecule has 0 radical (unpaired) electrons. The number of nitrogens with one attached hydrogen (secondary N) is 2. The van der Waals surface area contributed by atoms with Gasteiger partial charge in [0.15, 0.2) is 0 Å². The van der Waals surface area contributed by atoms with Gasteiger partial charge in [-0.3, -0.25) is 19.2 Å². The quantitative estimate of drug-likeness (QED) is 0.425. The van der Waals surface area contributed by atoms with E-state index >= 15 is 0 Å². The highest BCUT2D eigenvalue weighted by atomic mass is 16.2. The van der Waals surface area contributed by atoms with E-state index in [9.17, 15) is 24.0 Å². The van der Waals surface area contributed by atoms with Crippen LogP contribution in [0.1, 0.15) is 32.6 Å². The van der Waals surface area contributed by atoms with E-state index in [1.807, 2.05) is 0 Å². The second kappa shape index (κ2) is 9.45. The zero-order valence-electron chi connectivity index (χ0n) is 15.5. The van der Waals surface area contributed by atoms with Crippen LogP contribution in [0.5, 0.6) is 0 Å².